The molecule has 2 saturated carbocycles. The number of hydrogen-bond acceptors (Lipinski definition) is 7. The summed E-state index contributed by atoms with van der Waals surface area (Å²) in [7, 11) is 0. The molecule has 1 spiro atoms. The van der Waals surface area contributed by atoms with Crippen LogP contribution < -0.4 is 4.74 Å². The van der Waals surface area contributed by atoms with Gasteiger partial charge in [-0.2, -0.15) is 4.99 Å². The third kappa shape index (κ3) is 3.06. The summed E-state index contributed by atoms with van der Waals surface area (Å²) in [5.41, 5.74) is 2.49. The minimum atomic E-state index is -0.893. The summed E-state index contributed by atoms with van der Waals surface area (Å²) < 4.78 is 13.1. The Bertz CT molecular complexity index is 1240. The predicted molar refractivity (Wildman–Crippen MR) is 134 cm³/mol. The van der Waals surface area contributed by atoms with E-state index in [0.29, 0.717) is 25.2 Å². The molecule has 2 aromatic carbocycles. The number of para-hydroxylation sites is 1. The maximum atomic E-state index is 12.5. The normalized spacial score (nSPS) is 34.6. The second-order valence-electron chi connectivity index (χ2n) is 11.0. The van der Waals surface area contributed by atoms with Gasteiger partial charge in [0.05, 0.1) is 34.6 Å². The molecule has 1 saturated heterocycles. The number of aromatic hydroxyl groups is 1. The Hall–Kier alpha value is -2.28. The first-order valence-electron chi connectivity index (χ1n) is 12.8. The molecule has 7 rings (SSSR count). The van der Waals surface area contributed by atoms with Gasteiger partial charge >= 0.3 is 0 Å². The van der Waals surface area contributed by atoms with Crippen molar-refractivity contribution in [1.29, 1.82) is 0 Å². The van der Waals surface area contributed by atoms with Gasteiger partial charge in [-0.05, 0) is 80.9 Å². The number of isothiocyanates is 1. The van der Waals surface area contributed by atoms with Crippen molar-refractivity contribution in [2.75, 3.05) is 13.1 Å². The van der Waals surface area contributed by atoms with Gasteiger partial charge < -0.3 is 19.7 Å². The second-order valence-corrected chi connectivity index (χ2v) is 11.2. The van der Waals surface area contributed by atoms with Gasteiger partial charge in [0, 0.05) is 23.7 Å². The quantitative estimate of drug-likeness (QED) is 0.465. The van der Waals surface area contributed by atoms with E-state index < -0.39 is 11.0 Å². The summed E-state index contributed by atoms with van der Waals surface area (Å²) >= 11 is 4.81. The number of rotatable bonds is 6. The highest BCUT2D eigenvalue weighted by Gasteiger charge is 2.73. The lowest BCUT2D eigenvalue weighted by Gasteiger charge is -2.64. The number of benzene rings is 2. The van der Waals surface area contributed by atoms with Crippen LogP contribution in [0.5, 0.6) is 11.5 Å². The van der Waals surface area contributed by atoms with Crippen molar-refractivity contribution < 1.29 is 19.7 Å². The smallest absolute Gasteiger partial charge is 0.165 e. The van der Waals surface area contributed by atoms with Gasteiger partial charge in [0.1, 0.15) is 6.10 Å². The molecule has 35 heavy (non-hydrogen) atoms. The summed E-state index contributed by atoms with van der Waals surface area (Å²) in [5.74, 6) is 1.49. The molecular formula is C28H30N2O4S. The molecule has 2 bridgehead atoms. The molecule has 2 aromatic rings. The molecule has 2 heterocycles. The summed E-state index contributed by atoms with van der Waals surface area (Å²) in [6, 6.07) is 11.7. The van der Waals surface area contributed by atoms with Crippen molar-refractivity contribution in [3.8, 4) is 11.5 Å². The zero-order valence-corrected chi connectivity index (χ0v) is 20.5. The van der Waals surface area contributed by atoms with Gasteiger partial charge in [-0.25, -0.2) is 0 Å². The summed E-state index contributed by atoms with van der Waals surface area (Å²) in [4.78, 5) is 6.74. The molecule has 7 heteroatoms. The van der Waals surface area contributed by atoms with Crippen LogP contribution in [0.4, 0.5) is 5.69 Å². The number of thiocarbonyl (C=S) groups is 1. The SMILES string of the molecule is Oc1ccc2c3c1O[C@@H]1[C@@H](OCc4ccccc4N=C=S)CC[C@@]4(O)[C@H](C2)N(CC2CC2)CC[C@@]314. The first-order chi connectivity index (χ1) is 17.0. The first-order valence-corrected chi connectivity index (χ1v) is 13.2. The number of aliphatic imine (C=N–C) groups is 1. The third-order valence-electron chi connectivity index (χ3n) is 9.32. The molecule has 0 unspecified atom stereocenters. The van der Waals surface area contributed by atoms with E-state index in [1.807, 2.05) is 30.3 Å². The van der Waals surface area contributed by atoms with Gasteiger partial charge in [-0.15, -0.1) is 0 Å². The number of nitrogens with zero attached hydrogens (tertiary/aromatic N) is 2. The fourth-order valence-corrected chi connectivity index (χ4v) is 7.69. The zero-order chi connectivity index (χ0) is 23.8. The van der Waals surface area contributed by atoms with Crippen molar-refractivity contribution in [3.63, 3.8) is 0 Å². The minimum Gasteiger partial charge on any atom is -0.504 e. The van der Waals surface area contributed by atoms with Crippen LogP contribution in [-0.2, 0) is 23.2 Å². The minimum absolute atomic E-state index is 0.0737. The zero-order valence-electron chi connectivity index (χ0n) is 19.7. The highest BCUT2D eigenvalue weighted by molar-refractivity contribution is 7.78. The number of likely N-dealkylation sites (tertiary alicyclic amines) is 1. The molecular weight excluding hydrogens is 460 g/mol. The Kier molecular flexibility index (Phi) is 4.93. The van der Waals surface area contributed by atoms with Crippen molar-refractivity contribution in [2.24, 2.45) is 10.9 Å². The maximum Gasteiger partial charge on any atom is 0.165 e. The van der Waals surface area contributed by atoms with E-state index in [1.54, 1.807) is 6.07 Å². The van der Waals surface area contributed by atoms with E-state index in [2.05, 4.69) is 15.1 Å². The first kappa shape index (κ1) is 22.0. The highest BCUT2D eigenvalue weighted by Crippen LogP contribution is 2.65. The monoisotopic (exact) mass is 490 g/mol. The Balaban J connectivity index is 1.26. The number of aliphatic hydroxyl groups is 1. The molecule has 2 N–H and O–H groups in total. The summed E-state index contributed by atoms with van der Waals surface area (Å²) in [6.07, 6.45) is 5.06. The van der Waals surface area contributed by atoms with E-state index in [4.69, 9.17) is 21.7 Å². The van der Waals surface area contributed by atoms with Crippen LogP contribution in [0.15, 0.2) is 41.4 Å². The van der Waals surface area contributed by atoms with Crippen LogP contribution in [0, 0.1) is 5.92 Å². The lowest BCUT2D eigenvalue weighted by atomic mass is 9.48. The van der Waals surface area contributed by atoms with Crippen molar-refractivity contribution in [3.05, 3.63) is 53.1 Å². The number of phenols is 1. The lowest BCUT2D eigenvalue weighted by Crippen LogP contribution is -2.77. The standard InChI is InChI=1S/C28H30N2O4S/c31-21-8-7-18-13-23-28(32)10-9-22(33-15-19-3-1-2-4-20(19)29-16-35)26-27(28,24(18)25(21)34-26)11-12-30(23)14-17-5-6-17/h1-4,7-8,17,22-23,26,31-32H,5-6,9-15H2/t22-,23-,26+,27+,28+/m0/s1. The summed E-state index contributed by atoms with van der Waals surface area (Å²) in [5, 5.41) is 25.8. The highest BCUT2D eigenvalue weighted by atomic mass is 32.1. The Morgan fingerprint density at radius 3 is 2.86 bits per heavy atom. The Labute approximate surface area is 210 Å². The maximum absolute atomic E-state index is 12.5. The van der Waals surface area contributed by atoms with Gasteiger partial charge in [-0.1, -0.05) is 24.3 Å². The number of ether oxygens (including phenoxy) is 2. The summed E-state index contributed by atoms with van der Waals surface area (Å²) in [6.45, 7) is 2.39. The number of hydrogen-bond donors (Lipinski definition) is 2. The van der Waals surface area contributed by atoms with E-state index in [9.17, 15) is 10.2 Å². The fraction of sp³-hybridized carbons (Fsp3) is 0.536. The van der Waals surface area contributed by atoms with E-state index in [0.717, 1.165) is 48.7 Å². The average Bonchev–Trinajstić information content (AvgIpc) is 3.60. The molecule has 0 aromatic heterocycles. The molecule has 0 amide bonds. The second kappa shape index (κ2) is 7.86. The molecule has 3 fully saturated rings. The third-order valence-corrected chi connectivity index (χ3v) is 9.41. The van der Waals surface area contributed by atoms with Crippen molar-refractivity contribution in [1.82, 2.24) is 4.90 Å². The van der Waals surface area contributed by atoms with Crippen LogP contribution in [-0.4, -0.2) is 57.2 Å². The van der Waals surface area contributed by atoms with Crippen LogP contribution in [0.3, 0.4) is 0 Å². The van der Waals surface area contributed by atoms with Crippen LogP contribution >= 0.6 is 12.2 Å². The van der Waals surface area contributed by atoms with E-state index >= 15 is 0 Å². The molecule has 6 nitrogen and oxygen atoms in total. The molecule has 0 radical (unpaired) electrons. The topological polar surface area (TPSA) is 74.5 Å². The molecule has 182 valence electrons. The lowest BCUT2D eigenvalue weighted by molar-refractivity contribution is -0.217. The van der Waals surface area contributed by atoms with Gasteiger partial charge in [-0.3, -0.25) is 4.90 Å². The van der Waals surface area contributed by atoms with Crippen LogP contribution in [0.25, 0.3) is 0 Å². The molecule has 5 aliphatic rings. The van der Waals surface area contributed by atoms with E-state index in [-0.39, 0.29) is 24.0 Å². The van der Waals surface area contributed by atoms with Gasteiger partial charge in [0.15, 0.2) is 11.5 Å². The largest absolute Gasteiger partial charge is 0.504 e. The van der Waals surface area contributed by atoms with Crippen LogP contribution in [0.1, 0.15) is 48.8 Å². The average molecular weight is 491 g/mol. The molecule has 5 atom stereocenters. The Morgan fingerprint density at radius 1 is 1.17 bits per heavy atom. The molecule has 3 aliphatic carbocycles. The number of piperidine rings is 1. The fourth-order valence-electron chi connectivity index (χ4n) is 7.59. The predicted octanol–water partition coefficient (Wildman–Crippen LogP) is 4.28. The van der Waals surface area contributed by atoms with Gasteiger partial charge in [0.2, 0.25) is 0 Å². The van der Waals surface area contributed by atoms with Crippen molar-refractivity contribution in [2.45, 2.75) is 74.4 Å². The van der Waals surface area contributed by atoms with Gasteiger partial charge in [0.25, 0.3) is 0 Å². The molecule has 2 aliphatic heterocycles. The van der Waals surface area contributed by atoms with Crippen molar-refractivity contribution >= 4 is 23.1 Å². The Morgan fingerprint density at radius 2 is 2.03 bits per heavy atom. The number of phenolic OH excluding ortho intramolecular Hbond substituents is 1. The van der Waals surface area contributed by atoms with E-state index in [1.165, 1.54) is 18.4 Å². The van der Waals surface area contributed by atoms with Crippen LogP contribution in [0.2, 0.25) is 0 Å².